The van der Waals surface area contributed by atoms with Crippen molar-refractivity contribution in [3.05, 3.63) is 48.2 Å². The van der Waals surface area contributed by atoms with Crippen LogP contribution in [0.3, 0.4) is 0 Å². The molecule has 0 aliphatic heterocycles. The van der Waals surface area contributed by atoms with Crippen molar-refractivity contribution >= 4 is 23.4 Å². The molecule has 0 bridgehead atoms. The first-order valence-electron chi connectivity index (χ1n) is 5.78. The highest BCUT2D eigenvalue weighted by molar-refractivity contribution is 6.04. The Labute approximate surface area is 110 Å². The second kappa shape index (κ2) is 5.39. The molecule has 0 radical (unpaired) electrons. The molecule has 0 aliphatic rings. The number of para-hydroxylation sites is 1. The van der Waals surface area contributed by atoms with E-state index in [1.165, 1.54) is 17.9 Å². The maximum absolute atomic E-state index is 12.2. The number of carbonyl (C=O) groups excluding carboxylic acids is 2. The number of carbonyl (C=O) groups is 2. The number of nitrogens with one attached hydrogen (secondary N) is 1. The highest BCUT2D eigenvalue weighted by Crippen LogP contribution is 2.18. The van der Waals surface area contributed by atoms with Crippen LogP contribution in [0.15, 0.2) is 46.9 Å². The molecule has 2 amide bonds. The van der Waals surface area contributed by atoms with Crippen molar-refractivity contribution < 1.29 is 14.0 Å². The van der Waals surface area contributed by atoms with Gasteiger partial charge in [-0.15, -0.1) is 0 Å². The van der Waals surface area contributed by atoms with E-state index in [0.717, 1.165) is 5.69 Å². The number of nitrogens with zero attached hydrogens (tertiary/aromatic N) is 1. The predicted octanol–water partition coefficient (Wildman–Crippen LogP) is 2.51. The first kappa shape index (κ1) is 12.9. The minimum absolute atomic E-state index is 0.176. The Kier molecular flexibility index (Phi) is 3.66. The zero-order valence-electron chi connectivity index (χ0n) is 10.7. The van der Waals surface area contributed by atoms with Gasteiger partial charge in [-0.25, -0.2) is 0 Å². The zero-order chi connectivity index (χ0) is 13.8. The zero-order valence-corrected chi connectivity index (χ0v) is 10.7. The number of anilines is 2. The molecule has 98 valence electrons. The van der Waals surface area contributed by atoms with E-state index >= 15 is 0 Å². The number of furan rings is 1. The number of hydrogen-bond acceptors (Lipinski definition) is 3. The van der Waals surface area contributed by atoms with E-state index in [0.29, 0.717) is 0 Å². The Bertz CT molecular complexity index is 590. The van der Waals surface area contributed by atoms with Gasteiger partial charge in [0.2, 0.25) is 5.91 Å². The molecule has 2 aromatic rings. The van der Waals surface area contributed by atoms with Crippen molar-refractivity contribution in [2.24, 2.45) is 0 Å². The van der Waals surface area contributed by atoms with Crippen molar-refractivity contribution in [1.29, 1.82) is 0 Å². The van der Waals surface area contributed by atoms with Gasteiger partial charge in [-0.1, -0.05) is 18.2 Å². The Morgan fingerprint density at radius 1 is 1.11 bits per heavy atom. The Morgan fingerprint density at radius 2 is 1.79 bits per heavy atom. The summed E-state index contributed by atoms with van der Waals surface area (Å²) < 4.78 is 5.28. The molecule has 0 saturated heterocycles. The summed E-state index contributed by atoms with van der Waals surface area (Å²) in [7, 11) is 1.66. The molecule has 1 heterocycles. The molecule has 0 spiro atoms. The van der Waals surface area contributed by atoms with Gasteiger partial charge in [0.05, 0.1) is 0 Å². The van der Waals surface area contributed by atoms with Crippen LogP contribution in [0.1, 0.15) is 17.5 Å². The Hall–Kier alpha value is -2.56. The largest absolute Gasteiger partial charge is 0.435 e. The highest BCUT2D eigenvalue weighted by Gasteiger charge is 2.17. The molecule has 1 N–H and O–H groups in total. The maximum Gasteiger partial charge on any atom is 0.293 e. The lowest BCUT2D eigenvalue weighted by molar-refractivity contribution is -0.114. The van der Waals surface area contributed by atoms with Gasteiger partial charge in [-0.3, -0.25) is 14.9 Å². The third kappa shape index (κ3) is 3.01. The lowest BCUT2D eigenvalue weighted by Crippen LogP contribution is -2.25. The van der Waals surface area contributed by atoms with E-state index in [9.17, 15) is 9.59 Å². The van der Waals surface area contributed by atoms with E-state index in [1.54, 1.807) is 13.1 Å². The van der Waals surface area contributed by atoms with Crippen molar-refractivity contribution in [2.45, 2.75) is 6.92 Å². The number of amides is 2. The second-order valence-electron chi connectivity index (χ2n) is 4.04. The van der Waals surface area contributed by atoms with E-state index < -0.39 is 0 Å². The van der Waals surface area contributed by atoms with E-state index in [1.807, 2.05) is 30.3 Å². The number of rotatable bonds is 3. The van der Waals surface area contributed by atoms with Crippen LogP contribution in [-0.2, 0) is 4.79 Å². The van der Waals surface area contributed by atoms with Crippen LogP contribution >= 0.6 is 0 Å². The number of hydrogen-bond donors (Lipinski definition) is 1. The first-order valence-corrected chi connectivity index (χ1v) is 5.78. The molecule has 0 saturated carbocycles. The van der Waals surface area contributed by atoms with Crippen LogP contribution in [-0.4, -0.2) is 18.9 Å². The molecule has 2 rings (SSSR count). The van der Waals surface area contributed by atoms with Crippen molar-refractivity contribution in [2.75, 3.05) is 17.3 Å². The standard InChI is InChI=1S/C14H14N2O3/c1-10(17)15-13-9-8-12(19-13)14(18)16(2)11-6-4-3-5-7-11/h3-9H,1-2H3,(H,15,17). The van der Waals surface area contributed by atoms with Crippen LogP contribution in [0.2, 0.25) is 0 Å². The van der Waals surface area contributed by atoms with Gasteiger partial charge >= 0.3 is 0 Å². The lowest BCUT2D eigenvalue weighted by atomic mass is 10.3. The fourth-order valence-electron chi connectivity index (χ4n) is 1.63. The maximum atomic E-state index is 12.2. The summed E-state index contributed by atoms with van der Waals surface area (Å²) in [5, 5.41) is 2.48. The molecule has 0 atom stereocenters. The Morgan fingerprint density at radius 3 is 2.42 bits per heavy atom. The quantitative estimate of drug-likeness (QED) is 0.920. The fraction of sp³-hybridized carbons (Fsp3) is 0.143. The first-order chi connectivity index (χ1) is 9.08. The summed E-state index contributed by atoms with van der Waals surface area (Å²) in [6, 6.07) is 12.3. The second-order valence-corrected chi connectivity index (χ2v) is 4.04. The van der Waals surface area contributed by atoms with E-state index in [4.69, 9.17) is 4.42 Å². The molecule has 0 unspecified atom stereocenters. The minimum atomic E-state index is -0.275. The van der Waals surface area contributed by atoms with Gasteiger partial charge in [0, 0.05) is 25.7 Å². The van der Waals surface area contributed by atoms with Crippen molar-refractivity contribution in [3.63, 3.8) is 0 Å². The summed E-state index contributed by atoms with van der Waals surface area (Å²) in [6.45, 7) is 1.38. The summed E-state index contributed by atoms with van der Waals surface area (Å²) in [5.41, 5.74) is 0.768. The van der Waals surface area contributed by atoms with Gasteiger partial charge in [0.1, 0.15) is 0 Å². The van der Waals surface area contributed by atoms with Gasteiger partial charge in [-0.05, 0) is 18.2 Å². The fourth-order valence-corrected chi connectivity index (χ4v) is 1.63. The van der Waals surface area contributed by atoms with Crippen LogP contribution < -0.4 is 10.2 Å². The van der Waals surface area contributed by atoms with Crippen LogP contribution in [0.25, 0.3) is 0 Å². The van der Waals surface area contributed by atoms with Crippen LogP contribution in [0.4, 0.5) is 11.6 Å². The summed E-state index contributed by atoms with van der Waals surface area (Å²) >= 11 is 0. The van der Waals surface area contributed by atoms with Crippen molar-refractivity contribution in [3.8, 4) is 0 Å². The SMILES string of the molecule is CC(=O)Nc1ccc(C(=O)N(C)c2ccccc2)o1. The lowest BCUT2D eigenvalue weighted by Gasteiger charge is -2.15. The third-order valence-electron chi connectivity index (χ3n) is 2.56. The molecule has 1 aromatic carbocycles. The monoisotopic (exact) mass is 258 g/mol. The van der Waals surface area contributed by atoms with Gasteiger partial charge < -0.3 is 9.32 Å². The predicted molar refractivity (Wildman–Crippen MR) is 72.2 cm³/mol. The summed E-state index contributed by atoms with van der Waals surface area (Å²) in [4.78, 5) is 24.5. The molecule has 0 fully saturated rings. The van der Waals surface area contributed by atoms with Crippen LogP contribution in [0.5, 0.6) is 0 Å². The normalized spacial score (nSPS) is 10.0. The topological polar surface area (TPSA) is 62.6 Å². The third-order valence-corrected chi connectivity index (χ3v) is 2.56. The molecule has 5 heteroatoms. The van der Waals surface area contributed by atoms with Crippen molar-refractivity contribution in [1.82, 2.24) is 0 Å². The van der Waals surface area contributed by atoms with E-state index in [-0.39, 0.29) is 23.5 Å². The Balaban J connectivity index is 2.15. The molecule has 0 aliphatic carbocycles. The van der Waals surface area contributed by atoms with Gasteiger partial charge in [-0.2, -0.15) is 0 Å². The summed E-state index contributed by atoms with van der Waals surface area (Å²) in [5.74, 6) is -0.0834. The molecule has 1 aromatic heterocycles. The minimum Gasteiger partial charge on any atom is -0.435 e. The van der Waals surface area contributed by atoms with E-state index in [2.05, 4.69) is 5.32 Å². The molecule has 19 heavy (non-hydrogen) atoms. The average Bonchev–Trinajstić information content (AvgIpc) is 2.85. The average molecular weight is 258 g/mol. The van der Waals surface area contributed by atoms with Crippen LogP contribution in [0, 0.1) is 0 Å². The summed E-state index contributed by atoms with van der Waals surface area (Å²) in [6.07, 6.45) is 0. The molecule has 5 nitrogen and oxygen atoms in total. The smallest absolute Gasteiger partial charge is 0.293 e. The van der Waals surface area contributed by atoms with Gasteiger partial charge in [0.25, 0.3) is 5.91 Å². The highest BCUT2D eigenvalue weighted by atomic mass is 16.4. The molecular weight excluding hydrogens is 244 g/mol. The molecular formula is C14H14N2O3. The number of benzene rings is 1. The van der Waals surface area contributed by atoms with Gasteiger partial charge in [0.15, 0.2) is 11.6 Å².